The first kappa shape index (κ1) is 18.5. The van der Waals surface area contributed by atoms with Crippen LogP contribution in [0.4, 0.5) is 0 Å². The van der Waals surface area contributed by atoms with Gasteiger partial charge in [0.15, 0.2) is 5.16 Å². The van der Waals surface area contributed by atoms with Gasteiger partial charge < -0.3 is 14.6 Å². The first-order valence-corrected chi connectivity index (χ1v) is 8.60. The molecule has 6 heteroatoms. The molecule has 130 valence electrons. The Kier molecular flexibility index (Phi) is 6.07. The first-order chi connectivity index (χ1) is 11.4. The summed E-state index contributed by atoms with van der Waals surface area (Å²) < 4.78 is 10.4. The van der Waals surface area contributed by atoms with Gasteiger partial charge in [0.2, 0.25) is 11.8 Å². The molecule has 0 saturated heterocycles. The molecule has 0 aliphatic heterocycles. The minimum absolute atomic E-state index is 0.00836. The third-order valence-electron chi connectivity index (χ3n) is 4.09. The smallest absolute Gasteiger partial charge is 0.220 e. The van der Waals surface area contributed by atoms with Crippen LogP contribution in [-0.2, 0) is 5.41 Å². The van der Waals surface area contributed by atoms with Crippen molar-refractivity contribution in [2.75, 3.05) is 20.8 Å². The molecule has 0 bridgehead atoms. The number of aryl methyl sites for hydroxylation is 1. The molecule has 1 N–H and O–H groups in total. The number of aliphatic hydroxyl groups excluding tert-OH is 1. The number of aromatic nitrogens is 2. The quantitative estimate of drug-likeness (QED) is 0.612. The van der Waals surface area contributed by atoms with E-state index in [1.807, 2.05) is 0 Å². The van der Waals surface area contributed by atoms with E-state index < -0.39 is 0 Å². The highest BCUT2D eigenvalue weighted by Crippen LogP contribution is 2.38. The predicted octanol–water partition coefficient (Wildman–Crippen LogP) is 3.23. The van der Waals surface area contributed by atoms with Crippen LogP contribution < -0.4 is 9.47 Å². The Balaban J connectivity index is 2.29. The summed E-state index contributed by atoms with van der Waals surface area (Å²) in [6, 6.07) is 10.0. The van der Waals surface area contributed by atoms with Gasteiger partial charge in [0.05, 0.1) is 26.9 Å². The van der Waals surface area contributed by atoms with Gasteiger partial charge in [-0.25, -0.2) is 0 Å². The average Bonchev–Trinajstić information content (AvgIpc) is 2.59. The molecule has 0 radical (unpaired) electrons. The van der Waals surface area contributed by atoms with E-state index in [4.69, 9.17) is 9.47 Å². The second-order valence-electron chi connectivity index (χ2n) is 6.11. The van der Waals surface area contributed by atoms with Crippen molar-refractivity contribution in [2.45, 2.75) is 36.6 Å². The molecule has 2 rings (SSSR count). The van der Waals surface area contributed by atoms with Crippen LogP contribution in [0, 0.1) is 6.92 Å². The van der Waals surface area contributed by atoms with Gasteiger partial charge in [0, 0.05) is 10.7 Å². The zero-order valence-corrected chi connectivity index (χ0v) is 15.6. The Labute approximate surface area is 147 Å². The molecule has 1 unspecified atom stereocenters. The SMILES string of the molecule is COc1cc(OC)nc(SC(CO)C(C)(C)c2ccc(C)cc2)n1. The van der Waals surface area contributed by atoms with Crippen LogP contribution in [0.5, 0.6) is 11.8 Å². The van der Waals surface area contributed by atoms with Crippen molar-refractivity contribution in [3.8, 4) is 11.8 Å². The van der Waals surface area contributed by atoms with E-state index in [1.165, 1.54) is 17.3 Å². The summed E-state index contributed by atoms with van der Waals surface area (Å²) in [4.78, 5) is 8.69. The van der Waals surface area contributed by atoms with Crippen LogP contribution in [-0.4, -0.2) is 41.2 Å². The molecule has 2 aromatic rings. The van der Waals surface area contributed by atoms with Gasteiger partial charge in [-0.05, 0) is 12.5 Å². The molecule has 5 nitrogen and oxygen atoms in total. The van der Waals surface area contributed by atoms with Crippen molar-refractivity contribution >= 4 is 11.8 Å². The van der Waals surface area contributed by atoms with Gasteiger partial charge in [-0.1, -0.05) is 55.4 Å². The number of benzene rings is 1. The van der Waals surface area contributed by atoms with Crippen molar-refractivity contribution in [1.29, 1.82) is 0 Å². The maximum absolute atomic E-state index is 9.95. The van der Waals surface area contributed by atoms with Gasteiger partial charge in [-0.15, -0.1) is 0 Å². The molecular weight excluding hydrogens is 324 g/mol. The Hall–Kier alpha value is -1.79. The Morgan fingerprint density at radius 2 is 1.62 bits per heavy atom. The Morgan fingerprint density at radius 3 is 2.08 bits per heavy atom. The van der Waals surface area contributed by atoms with Crippen LogP contribution in [0.3, 0.4) is 0 Å². The molecule has 0 aliphatic carbocycles. The summed E-state index contributed by atoms with van der Waals surface area (Å²) in [5, 5.41) is 10.4. The number of aliphatic hydroxyl groups is 1. The van der Waals surface area contributed by atoms with E-state index in [9.17, 15) is 5.11 Å². The summed E-state index contributed by atoms with van der Waals surface area (Å²) in [6.07, 6.45) is 0. The second-order valence-corrected chi connectivity index (χ2v) is 7.28. The highest BCUT2D eigenvalue weighted by atomic mass is 32.2. The highest BCUT2D eigenvalue weighted by Gasteiger charge is 2.32. The summed E-state index contributed by atoms with van der Waals surface area (Å²) in [7, 11) is 3.10. The minimum atomic E-state index is -0.257. The molecule has 0 spiro atoms. The van der Waals surface area contributed by atoms with Gasteiger partial charge in [0.1, 0.15) is 0 Å². The molecule has 1 aromatic carbocycles. The van der Waals surface area contributed by atoms with Gasteiger partial charge in [0.25, 0.3) is 0 Å². The van der Waals surface area contributed by atoms with Crippen LogP contribution in [0.1, 0.15) is 25.0 Å². The topological polar surface area (TPSA) is 64.5 Å². The monoisotopic (exact) mass is 348 g/mol. The molecule has 24 heavy (non-hydrogen) atoms. The lowest BCUT2D eigenvalue weighted by Gasteiger charge is -2.33. The number of ether oxygens (including phenoxy) is 2. The molecule has 0 saturated carbocycles. The number of rotatable bonds is 7. The molecule has 0 fully saturated rings. The van der Waals surface area contributed by atoms with Crippen LogP contribution in [0.15, 0.2) is 35.5 Å². The number of thioether (sulfide) groups is 1. The van der Waals surface area contributed by atoms with E-state index in [0.29, 0.717) is 16.9 Å². The fraction of sp³-hybridized carbons (Fsp3) is 0.444. The summed E-state index contributed by atoms with van der Waals surface area (Å²) in [5.74, 6) is 0.878. The van der Waals surface area contributed by atoms with Crippen LogP contribution >= 0.6 is 11.8 Å². The molecule has 1 aromatic heterocycles. The van der Waals surface area contributed by atoms with Crippen molar-refractivity contribution in [3.63, 3.8) is 0 Å². The molecular formula is C18H24N2O3S. The molecule has 0 aliphatic rings. The minimum Gasteiger partial charge on any atom is -0.481 e. The lowest BCUT2D eigenvalue weighted by Crippen LogP contribution is -2.34. The zero-order valence-electron chi connectivity index (χ0n) is 14.7. The van der Waals surface area contributed by atoms with Crippen LogP contribution in [0.2, 0.25) is 0 Å². The van der Waals surface area contributed by atoms with E-state index in [0.717, 1.165) is 5.56 Å². The van der Waals surface area contributed by atoms with E-state index in [-0.39, 0.29) is 17.3 Å². The summed E-state index contributed by atoms with van der Waals surface area (Å²) >= 11 is 1.42. The number of nitrogens with zero attached hydrogens (tertiary/aromatic N) is 2. The van der Waals surface area contributed by atoms with Gasteiger partial charge >= 0.3 is 0 Å². The molecule has 0 amide bonds. The number of methoxy groups -OCH3 is 2. The van der Waals surface area contributed by atoms with Crippen molar-refractivity contribution in [3.05, 3.63) is 41.5 Å². The first-order valence-electron chi connectivity index (χ1n) is 7.72. The van der Waals surface area contributed by atoms with E-state index >= 15 is 0 Å². The standard InChI is InChI=1S/C18H24N2O3S/c1-12-6-8-13(9-7-12)18(2,3)14(11-21)24-17-19-15(22-4)10-16(20-17)23-5/h6-10,14,21H,11H2,1-5H3. The number of hydrogen-bond donors (Lipinski definition) is 1. The predicted molar refractivity (Wildman–Crippen MR) is 96.1 cm³/mol. The highest BCUT2D eigenvalue weighted by molar-refractivity contribution is 7.99. The second kappa shape index (κ2) is 7.85. The number of hydrogen-bond acceptors (Lipinski definition) is 6. The van der Waals surface area contributed by atoms with Crippen LogP contribution in [0.25, 0.3) is 0 Å². The Bertz CT molecular complexity index is 652. The van der Waals surface area contributed by atoms with Crippen molar-refractivity contribution in [1.82, 2.24) is 9.97 Å². The lowest BCUT2D eigenvalue weighted by atomic mass is 9.81. The van der Waals surface area contributed by atoms with E-state index in [1.54, 1.807) is 20.3 Å². The third kappa shape index (κ3) is 4.19. The largest absolute Gasteiger partial charge is 0.481 e. The fourth-order valence-corrected chi connectivity index (χ4v) is 3.40. The normalized spacial score (nSPS) is 12.8. The Morgan fingerprint density at radius 1 is 1.08 bits per heavy atom. The van der Waals surface area contributed by atoms with Gasteiger partial charge in [-0.3, -0.25) is 0 Å². The molecule has 1 heterocycles. The van der Waals surface area contributed by atoms with E-state index in [2.05, 4.69) is 55.0 Å². The van der Waals surface area contributed by atoms with Crippen molar-refractivity contribution < 1.29 is 14.6 Å². The third-order valence-corrected chi connectivity index (χ3v) is 5.51. The summed E-state index contributed by atoms with van der Waals surface area (Å²) in [6.45, 7) is 6.30. The fourth-order valence-electron chi connectivity index (χ4n) is 2.35. The van der Waals surface area contributed by atoms with Crippen molar-refractivity contribution in [2.24, 2.45) is 0 Å². The average molecular weight is 348 g/mol. The molecule has 1 atom stereocenters. The summed E-state index contributed by atoms with van der Waals surface area (Å²) in [5.41, 5.74) is 2.12. The lowest BCUT2D eigenvalue weighted by molar-refractivity contribution is 0.260. The van der Waals surface area contributed by atoms with Gasteiger partial charge in [-0.2, -0.15) is 9.97 Å². The maximum atomic E-state index is 9.95. The maximum Gasteiger partial charge on any atom is 0.220 e. The zero-order chi connectivity index (χ0) is 17.7.